The summed E-state index contributed by atoms with van der Waals surface area (Å²) >= 11 is 0. The van der Waals surface area contributed by atoms with Crippen molar-refractivity contribution in [1.29, 1.82) is 0 Å². The van der Waals surface area contributed by atoms with Gasteiger partial charge in [-0.15, -0.1) is 0 Å². The number of hydrogen-bond donors (Lipinski definition) is 0. The van der Waals surface area contributed by atoms with Crippen LogP contribution in [0, 0.1) is 0 Å². The predicted octanol–water partition coefficient (Wildman–Crippen LogP) is 4.28. The monoisotopic (exact) mass is 342 g/mol. The van der Waals surface area contributed by atoms with Crippen molar-refractivity contribution in [2.24, 2.45) is 0 Å². The summed E-state index contributed by atoms with van der Waals surface area (Å²) < 4.78 is 24.1. The molecule has 1 saturated heterocycles. The van der Waals surface area contributed by atoms with E-state index in [0.717, 1.165) is 11.1 Å². The molecule has 1 aliphatic heterocycles. The molecule has 0 radical (unpaired) electrons. The van der Waals surface area contributed by atoms with Gasteiger partial charge in [-0.25, -0.2) is 0 Å². The van der Waals surface area contributed by atoms with Crippen molar-refractivity contribution in [3.63, 3.8) is 0 Å². The highest BCUT2D eigenvalue weighted by atomic mass is 16.8. The molecule has 0 bridgehead atoms. The van der Waals surface area contributed by atoms with Crippen molar-refractivity contribution in [3.05, 3.63) is 71.8 Å². The van der Waals surface area contributed by atoms with Crippen LogP contribution in [0.3, 0.4) is 0 Å². The summed E-state index contributed by atoms with van der Waals surface area (Å²) in [5.74, 6) is -0.702. The summed E-state index contributed by atoms with van der Waals surface area (Å²) in [4.78, 5) is 0. The van der Waals surface area contributed by atoms with Crippen molar-refractivity contribution >= 4 is 0 Å². The van der Waals surface area contributed by atoms with E-state index in [9.17, 15) is 0 Å². The number of hydrogen-bond acceptors (Lipinski definition) is 4. The average molecular weight is 342 g/mol. The highest BCUT2D eigenvalue weighted by Gasteiger charge is 2.49. The molecule has 2 aromatic rings. The van der Waals surface area contributed by atoms with Crippen LogP contribution < -0.4 is 0 Å². The van der Waals surface area contributed by atoms with Gasteiger partial charge >= 0.3 is 0 Å². The molecule has 134 valence electrons. The molecule has 2 aromatic carbocycles. The van der Waals surface area contributed by atoms with Gasteiger partial charge in [0.15, 0.2) is 5.79 Å². The third-order valence-corrected chi connectivity index (χ3v) is 4.52. The van der Waals surface area contributed by atoms with E-state index in [4.69, 9.17) is 18.9 Å². The summed E-state index contributed by atoms with van der Waals surface area (Å²) in [6.07, 6.45) is -1.05. The standard InChI is InChI=1S/C21H26O4/c1-21(2)24-19(17(22-3)15-11-7-5-8-12-15)20(25-21)18(23-4)16-13-9-6-10-14-16/h5-14,17-20H,1-4H3/t17-,18-,19+,20+/m1/s1. The van der Waals surface area contributed by atoms with Gasteiger partial charge in [0.25, 0.3) is 0 Å². The van der Waals surface area contributed by atoms with Crippen LogP contribution in [-0.2, 0) is 18.9 Å². The lowest BCUT2D eigenvalue weighted by Crippen LogP contribution is -2.36. The fraction of sp³-hybridized carbons (Fsp3) is 0.429. The average Bonchev–Trinajstić information content (AvgIpc) is 2.93. The fourth-order valence-corrected chi connectivity index (χ4v) is 3.49. The minimum absolute atomic E-state index is 0.241. The van der Waals surface area contributed by atoms with Crippen LogP contribution in [0.25, 0.3) is 0 Å². The SMILES string of the molecule is CO[C@H](c1ccccc1)[C@@H]1OC(C)(C)O[C@H]1[C@H](OC)c1ccccc1. The third kappa shape index (κ3) is 3.93. The summed E-state index contributed by atoms with van der Waals surface area (Å²) in [5, 5.41) is 0. The molecule has 1 aliphatic rings. The van der Waals surface area contributed by atoms with Crippen LogP contribution in [0.4, 0.5) is 0 Å². The van der Waals surface area contributed by atoms with E-state index in [1.54, 1.807) is 14.2 Å². The normalized spacial score (nSPS) is 24.8. The van der Waals surface area contributed by atoms with Crippen molar-refractivity contribution in [2.75, 3.05) is 14.2 Å². The van der Waals surface area contributed by atoms with Crippen LogP contribution in [0.1, 0.15) is 37.2 Å². The minimum atomic E-state index is -0.702. The molecule has 1 fully saturated rings. The summed E-state index contributed by atoms with van der Waals surface area (Å²) in [6.45, 7) is 3.85. The minimum Gasteiger partial charge on any atom is -0.374 e. The lowest BCUT2D eigenvalue weighted by atomic mass is 9.94. The quantitative estimate of drug-likeness (QED) is 0.785. The molecule has 4 heteroatoms. The number of ether oxygens (including phenoxy) is 4. The predicted molar refractivity (Wildman–Crippen MR) is 96.2 cm³/mol. The maximum Gasteiger partial charge on any atom is 0.164 e. The molecule has 0 aliphatic carbocycles. The summed E-state index contributed by atoms with van der Waals surface area (Å²) in [7, 11) is 3.40. The molecule has 0 aromatic heterocycles. The van der Waals surface area contributed by atoms with Crippen molar-refractivity contribution in [3.8, 4) is 0 Å². The largest absolute Gasteiger partial charge is 0.374 e. The Bertz CT molecular complexity index is 599. The molecular formula is C21H26O4. The first-order valence-electron chi connectivity index (χ1n) is 8.57. The number of methoxy groups -OCH3 is 2. The van der Waals surface area contributed by atoms with Gasteiger partial charge in [0, 0.05) is 14.2 Å². The van der Waals surface area contributed by atoms with E-state index in [2.05, 4.69) is 0 Å². The topological polar surface area (TPSA) is 36.9 Å². The zero-order valence-corrected chi connectivity index (χ0v) is 15.2. The van der Waals surface area contributed by atoms with Gasteiger partial charge in [0.05, 0.1) is 0 Å². The zero-order chi connectivity index (χ0) is 17.9. The van der Waals surface area contributed by atoms with Gasteiger partial charge in [-0.3, -0.25) is 0 Å². The lowest BCUT2D eigenvalue weighted by molar-refractivity contribution is -0.163. The summed E-state index contributed by atoms with van der Waals surface area (Å²) in [5.41, 5.74) is 2.12. The van der Waals surface area contributed by atoms with E-state index in [0.29, 0.717) is 0 Å². The Hall–Kier alpha value is -1.72. The van der Waals surface area contributed by atoms with Gasteiger partial charge in [-0.1, -0.05) is 60.7 Å². The van der Waals surface area contributed by atoms with E-state index >= 15 is 0 Å². The van der Waals surface area contributed by atoms with Gasteiger partial charge in [-0.05, 0) is 25.0 Å². The van der Waals surface area contributed by atoms with E-state index < -0.39 is 5.79 Å². The first-order valence-corrected chi connectivity index (χ1v) is 8.57. The van der Waals surface area contributed by atoms with Crippen LogP contribution in [-0.4, -0.2) is 32.2 Å². The molecule has 0 unspecified atom stereocenters. The van der Waals surface area contributed by atoms with Crippen LogP contribution in [0.2, 0.25) is 0 Å². The second-order valence-electron chi connectivity index (χ2n) is 6.70. The lowest BCUT2D eigenvalue weighted by Gasteiger charge is -2.30. The first-order chi connectivity index (χ1) is 12.1. The Morgan fingerprint density at radius 2 is 1.08 bits per heavy atom. The molecule has 0 N–H and O–H groups in total. The second kappa shape index (κ2) is 7.67. The number of benzene rings is 2. The Morgan fingerprint density at radius 1 is 0.720 bits per heavy atom. The van der Waals surface area contributed by atoms with E-state index in [-0.39, 0.29) is 24.4 Å². The molecule has 4 nitrogen and oxygen atoms in total. The Balaban J connectivity index is 1.95. The number of rotatable bonds is 6. The molecule has 0 saturated carbocycles. The van der Waals surface area contributed by atoms with E-state index in [1.807, 2.05) is 74.5 Å². The Morgan fingerprint density at radius 3 is 1.40 bits per heavy atom. The van der Waals surface area contributed by atoms with Gasteiger partial charge < -0.3 is 18.9 Å². The maximum absolute atomic E-state index is 6.25. The fourth-order valence-electron chi connectivity index (χ4n) is 3.49. The molecule has 0 spiro atoms. The summed E-state index contributed by atoms with van der Waals surface area (Å²) in [6, 6.07) is 20.2. The first kappa shape index (κ1) is 18.1. The Kier molecular flexibility index (Phi) is 5.54. The molecule has 4 atom stereocenters. The van der Waals surface area contributed by atoms with Crippen molar-refractivity contribution < 1.29 is 18.9 Å². The zero-order valence-electron chi connectivity index (χ0n) is 15.2. The van der Waals surface area contributed by atoms with Crippen molar-refractivity contribution in [1.82, 2.24) is 0 Å². The molecule has 25 heavy (non-hydrogen) atoms. The van der Waals surface area contributed by atoms with Gasteiger partial charge in [0.2, 0.25) is 0 Å². The second-order valence-corrected chi connectivity index (χ2v) is 6.70. The highest BCUT2D eigenvalue weighted by Crippen LogP contribution is 2.42. The van der Waals surface area contributed by atoms with Crippen LogP contribution in [0.5, 0.6) is 0 Å². The molecule has 1 heterocycles. The van der Waals surface area contributed by atoms with Crippen LogP contribution in [0.15, 0.2) is 60.7 Å². The molecular weight excluding hydrogens is 316 g/mol. The Labute approximate surface area is 149 Å². The van der Waals surface area contributed by atoms with E-state index in [1.165, 1.54) is 0 Å². The van der Waals surface area contributed by atoms with Crippen LogP contribution >= 0.6 is 0 Å². The molecule has 0 amide bonds. The van der Waals surface area contributed by atoms with Crippen molar-refractivity contribution in [2.45, 2.75) is 44.1 Å². The van der Waals surface area contributed by atoms with Gasteiger partial charge in [-0.2, -0.15) is 0 Å². The maximum atomic E-state index is 6.25. The molecule has 3 rings (SSSR count). The van der Waals surface area contributed by atoms with Gasteiger partial charge in [0.1, 0.15) is 24.4 Å². The highest BCUT2D eigenvalue weighted by molar-refractivity contribution is 5.23. The third-order valence-electron chi connectivity index (χ3n) is 4.52. The smallest absolute Gasteiger partial charge is 0.164 e.